The molecule has 4 bridgehead atoms. The molecule has 0 aromatic heterocycles. The summed E-state index contributed by atoms with van der Waals surface area (Å²) in [4.78, 5) is 15.4. The van der Waals surface area contributed by atoms with Crippen molar-refractivity contribution in [3.8, 4) is 0 Å². The number of rotatable bonds is 2. The molecule has 5 aliphatic rings. The van der Waals surface area contributed by atoms with Gasteiger partial charge in [-0.05, 0) is 69.1 Å². The molecule has 2 atom stereocenters. The van der Waals surface area contributed by atoms with Gasteiger partial charge in [0.2, 0.25) is 5.91 Å². The lowest BCUT2D eigenvalue weighted by Gasteiger charge is -2.57. The molecule has 1 amide bonds. The van der Waals surface area contributed by atoms with Crippen LogP contribution in [0.1, 0.15) is 64.2 Å². The molecule has 3 heteroatoms. The van der Waals surface area contributed by atoms with E-state index >= 15 is 0 Å². The molecule has 0 spiro atoms. The maximum Gasteiger partial charge on any atom is 0.228 e. The first-order valence-corrected chi connectivity index (χ1v) is 9.10. The Morgan fingerprint density at radius 3 is 2.05 bits per heavy atom. The molecule has 0 aromatic rings. The minimum atomic E-state index is 0.000662. The van der Waals surface area contributed by atoms with Crippen molar-refractivity contribution in [1.82, 2.24) is 4.90 Å². The average molecular weight is 290 g/mol. The smallest absolute Gasteiger partial charge is 0.228 e. The number of hydrogen-bond donors (Lipinski definition) is 1. The molecule has 0 aromatic carbocycles. The van der Waals surface area contributed by atoms with Crippen molar-refractivity contribution in [2.24, 2.45) is 28.9 Å². The molecule has 0 saturated heterocycles. The van der Waals surface area contributed by atoms with E-state index in [9.17, 15) is 4.79 Å². The first kappa shape index (κ1) is 14.0. The van der Waals surface area contributed by atoms with Crippen LogP contribution in [0.5, 0.6) is 0 Å². The third kappa shape index (κ3) is 2.23. The van der Waals surface area contributed by atoms with E-state index < -0.39 is 0 Å². The molecule has 0 aliphatic heterocycles. The van der Waals surface area contributed by atoms with Gasteiger partial charge >= 0.3 is 0 Å². The molecule has 2 unspecified atom stereocenters. The predicted octanol–water partition coefficient (Wildman–Crippen LogP) is 2.93. The molecule has 118 valence electrons. The quantitative estimate of drug-likeness (QED) is 0.850. The van der Waals surface area contributed by atoms with Crippen molar-refractivity contribution in [2.75, 3.05) is 7.05 Å². The Morgan fingerprint density at radius 1 is 1.00 bits per heavy atom. The molecular weight excluding hydrogens is 260 g/mol. The van der Waals surface area contributed by atoms with Crippen molar-refractivity contribution in [2.45, 2.75) is 76.3 Å². The van der Waals surface area contributed by atoms with E-state index in [1.807, 2.05) is 7.05 Å². The van der Waals surface area contributed by atoms with Gasteiger partial charge in [-0.2, -0.15) is 0 Å². The lowest BCUT2D eigenvalue weighted by atomic mass is 9.49. The summed E-state index contributed by atoms with van der Waals surface area (Å²) >= 11 is 0. The van der Waals surface area contributed by atoms with E-state index in [0.717, 1.165) is 30.6 Å². The van der Waals surface area contributed by atoms with E-state index in [2.05, 4.69) is 4.90 Å². The summed E-state index contributed by atoms with van der Waals surface area (Å²) in [5.41, 5.74) is 6.32. The van der Waals surface area contributed by atoms with Crippen LogP contribution >= 0.6 is 0 Å². The van der Waals surface area contributed by atoms with Gasteiger partial charge in [-0.25, -0.2) is 0 Å². The summed E-state index contributed by atoms with van der Waals surface area (Å²) < 4.78 is 0. The number of likely N-dealkylation sites (N-methyl/N-ethyl adjacent to an activating group) is 1. The van der Waals surface area contributed by atoms with Gasteiger partial charge in [0.05, 0.1) is 5.41 Å². The normalized spacial score (nSPS) is 48.4. The summed E-state index contributed by atoms with van der Waals surface area (Å²) in [6.07, 6.45) is 12.4. The van der Waals surface area contributed by atoms with E-state index in [1.54, 1.807) is 0 Å². The maximum atomic E-state index is 13.3. The number of nitrogens with zero attached hydrogens (tertiary/aromatic N) is 1. The fraction of sp³-hybridized carbons (Fsp3) is 0.944. The van der Waals surface area contributed by atoms with Crippen LogP contribution in [-0.4, -0.2) is 29.9 Å². The van der Waals surface area contributed by atoms with Crippen LogP contribution in [0, 0.1) is 23.2 Å². The van der Waals surface area contributed by atoms with Gasteiger partial charge in [0.15, 0.2) is 0 Å². The average Bonchev–Trinajstić information content (AvgIpc) is 2.45. The zero-order valence-corrected chi connectivity index (χ0v) is 13.4. The zero-order chi connectivity index (χ0) is 14.6. The Labute approximate surface area is 128 Å². The Morgan fingerprint density at radius 2 is 1.52 bits per heavy atom. The topological polar surface area (TPSA) is 46.3 Å². The van der Waals surface area contributed by atoms with Gasteiger partial charge in [-0.3, -0.25) is 4.79 Å². The van der Waals surface area contributed by atoms with Crippen molar-refractivity contribution in [3.05, 3.63) is 0 Å². The van der Waals surface area contributed by atoms with Crippen LogP contribution < -0.4 is 5.73 Å². The van der Waals surface area contributed by atoms with Crippen molar-refractivity contribution in [3.63, 3.8) is 0 Å². The lowest BCUT2D eigenvalue weighted by Crippen LogP contribution is -2.58. The summed E-state index contributed by atoms with van der Waals surface area (Å²) in [5.74, 6) is 2.97. The predicted molar refractivity (Wildman–Crippen MR) is 83.6 cm³/mol. The summed E-state index contributed by atoms with van der Waals surface area (Å²) in [6, 6.07) is 0.487. The van der Waals surface area contributed by atoms with Gasteiger partial charge in [0, 0.05) is 19.1 Å². The number of carbonyl (C=O) groups is 1. The number of amides is 1. The molecule has 5 rings (SSSR count). The monoisotopic (exact) mass is 290 g/mol. The lowest BCUT2D eigenvalue weighted by molar-refractivity contribution is -0.159. The Balaban J connectivity index is 1.54. The maximum absolute atomic E-state index is 13.3. The fourth-order valence-corrected chi connectivity index (χ4v) is 6.52. The molecule has 0 radical (unpaired) electrons. The highest BCUT2D eigenvalue weighted by atomic mass is 16.2. The minimum absolute atomic E-state index is 0.000662. The van der Waals surface area contributed by atoms with Crippen LogP contribution in [0.2, 0.25) is 0 Å². The molecule has 5 saturated carbocycles. The number of nitrogens with two attached hydrogens (primary N) is 1. The van der Waals surface area contributed by atoms with Crippen LogP contribution in [0.15, 0.2) is 0 Å². The van der Waals surface area contributed by atoms with E-state index in [0.29, 0.717) is 11.9 Å². The zero-order valence-electron chi connectivity index (χ0n) is 13.4. The highest BCUT2D eigenvalue weighted by molar-refractivity contribution is 5.83. The molecule has 3 nitrogen and oxygen atoms in total. The largest absolute Gasteiger partial charge is 0.341 e. The summed E-state index contributed by atoms with van der Waals surface area (Å²) in [7, 11) is 2.04. The number of hydrogen-bond acceptors (Lipinski definition) is 2. The highest BCUT2D eigenvalue weighted by Gasteiger charge is 2.55. The van der Waals surface area contributed by atoms with Gasteiger partial charge in [-0.15, -0.1) is 0 Å². The Bertz CT molecular complexity index is 398. The molecule has 0 heterocycles. The second kappa shape index (κ2) is 4.97. The van der Waals surface area contributed by atoms with Gasteiger partial charge < -0.3 is 10.6 Å². The number of carbonyl (C=O) groups excluding carboxylic acids is 1. The second-order valence-corrected chi connectivity index (χ2v) is 8.63. The summed E-state index contributed by atoms with van der Waals surface area (Å²) in [6.45, 7) is 0. The first-order valence-electron chi connectivity index (χ1n) is 9.10. The third-order valence-corrected chi connectivity index (χ3v) is 7.09. The van der Waals surface area contributed by atoms with E-state index in [1.165, 1.54) is 51.4 Å². The van der Waals surface area contributed by atoms with Gasteiger partial charge in [0.1, 0.15) is 0 Å². The van der Waals surface area contributed by atoms with Crippen LogP contribution in [-0.2, 0) is 4.79 Å². The van der Waals surface area contributed by atoms with Gasteiger partial charge in [0.25, 0.3) is 0 Å². The first-order chi connectivity index (χ1) is 10.1. The van der Waals surface area contributed by atoms with E-state index in [4.69, 9.17) is 5.73 Å². The Kier molecular flexibility index (Phi) is 3.33. The fourth-order valence-electron chi connectivity index (χ4n) is 6.52. The van der Waals surface area contributed by atoms with Crippen molar-refractivity contribution >= 4 is 5.91 Å². The highest BCUT2D eigenvalue weighted by Crippen LogP contribution is 2.60. The van der Waals surface area contributed by atoms with E-state index in [-0.39, 0.29) is 11.5 Å². The summed E-state index contributed by atoms with van der Waals surface area (Å²) in [5, 5.41) is 0. The molecule has 5 aliphatic carbocycles. The minimum Gasteiger partial charge on any atom is -0.341 e. The second-order valence-electron chi connectivity index (χ2n) is 8.63. The molecule has 21 heavy (non-hydrogen) atoms. The SMILES string of the molecule is CN(C(=O)C12CC3CC(CC(C3)C1)C2)C1CCCCC1N. The van der Waals surface area contributed by atoms with Gasteiger partial charge in [-0.1, -0.05) is 12.8 Å². The standard InChI is InChI=1S/C18H30N2O/c1-20(16-5-3-2-4-15(16)19)17(21)18-9-12-6-13(10-18)8-14(7-12)11-18/h12-16H,2-11,19H2,1H3. The molecule has 5 fully saturated rings. The van der Waals surface area contributed by atoms with Crippen molar-refractivity contribution in [1.29, 1.82) is 0 Å². The third-order valence-electron chi connectivity index (χ3n) is 7.09. The van der Waals surface area contributed by atoms with Crippen molar-refractivity contribution < 1.29 is 4.79 Å². The van der Waals surface area contributed by atoms with Crippen LogP contribution in [0.3, 0.4) is 0 Å². The molecule has 2 N–H and O–H groups in total. The molecular formula is C18H30N2O. The van der Waals surface area contributed by atoms with Crippen LogP contribution in [0.25, 0.3) is 0 Å². The van der Waals surface area contributed by atoms with Crippen LogP contribution in [0.4, 0.5) is 0 Å². The Hall–Kier alpha value is -0.570.